The second-order valence-electron chi connectivity index (χ2n) is 7.71. The van der Waals surface area contributed by atoms with Crippen LogP contribution in [0.3, 0.4) is 0 Å². The molecule has 0 saturated carbocycles. The Hall–Kier alpha value is -3.87. The Morgan fingerprint density at radius 1 is 1.17 bits per heavy atom. The van der Waals surface area contributed by atoms with Crippen molar-refractivity contribution in [3.63, 3.8) is 0 Å². The van der Waals surface area contributed by atoms with Crippen LogP contribution in [0.2, 0.25) is 0 Å². The molecule has 0 bridgehead atoms. The predicted molar refractivity (Wildman–Crippen MR) is 126 cm³/mol. The number of rotatable bonds is 9. The highest BCUT2D eigenvalue weighted by molar-refractivity contribution is 7.17. The molecule has 0 aliphatic heterocycles. The van der Waals surface area contributed by atoms with E-state index in [-0.39, 0.29) is 10.6 Å². The first-order valence-electron chi connectivity index (χ1n) is 10.5. The molecule has 190 valence electrons. The van der Waals surface area contributed by atoms with Crippen molar-refractivity contribution in [3.8, 4) is 22.1 Å². The Balaban J connectivity index is 1.50. The van der Waals surface area contributed by atoms with Crippen molar-refractivity contribution < 1.29 is 36.9 Å². The van der Waals surface area contributed by atoms with E-state index in [2.05, 4.69) is 20.0 Å². The van der Waals surface area contributed by atoms with Crippen molar-refractivity contribution in [2.45, 2.75) is 19.6 Å². The zero-order chi connectivity index (χ0) is 26.0. The van der Waals surface area contributed by atoms with Gasteiger partial charge in [0.2, 0.25) is 0 Å². The zero-order valence-corrected chi connectivity index (χ0v) is 19.8. The minimum atomic E-state index is -4.61. The molecule has 8 nitrogen and oxygen atoms in total. The number of methoxy groups -OCH3 is 1. The summed E-state index contributed by atoms with van der Waals surface area (Å²) in [7, 11) is 1.48. The van der Waals surface area contributed by atoms with Gasteiger partial charge in [0.15, 0.2) is 11.5 Å². The lowest BCUT2D eigenvalue weighted by atomic mass is 10.2. The Bertz CT molecular complexity index is 1420. The minimum Gasteiger partial charge on any atom is -0.496 e. The number of aryl methyl sites for hydroxylation is 1. The van der Waals surface area contributed by atoms with Crippen LogP contribution in [0.15, 0.2) is 36.7 Å². The lowest BCUT2D eigenvalue weighted by molar-refractivity contribution is -0.153. The third-order valence-electron chi connectivity index (χ3n) is 5.22. The van der Waals surface area contributed by atoms with Gasteiger partial charge in [-0.15, -0.1) is 11.3 Å². The molecular weight excluding hydrogens is 504 g/mol. The van der Waals surface area contributed by atoms with Gasteiger partial charge in [0, 0.05) is 42.4 Å². The van der Waals surface area contributed by atoms with E-state index in [1.165, 1.54) is 31.6 Å². The number of fused-ring (bicyclic) bond motifs is 1. The van der Waals surface area contributed by atoms with E-state index < -0.39 is 24.6 Å². The number of carbonyl (C=O) groups is 1. The van der Waals surface area contributed by atoms with Gasteiger partial charge in [-0.1, -0.05) is 0 Å². The third kappa shape index (κ3) is 5.51. The first-order valence-corrected chi connectivity index (χ1v) is 11.3. The summed E-state index contributed by atoms with van der Waals surface area (Å²) >= 11 is 0.749. The van der Waals surface area contributed by atoms with Crippen LogP contribution < -0.4 is 14.8 Å². The molecule has 0 spiro atoms. The van der Waals surface area contributed by atoms with E-state index in [0.29, 0.717) is 40.7 Å². The molecule has 3 aromatic heterocycles. The molecule has 4 rings (SSSR count). The predicted octanol–water partition coefficient (Wildman–Crippen LogP) is 5.37. The molecule has 1 aromatic carbocycles. The average molecular weight is 524 g/mol. The highest BCUT2D eigenvalue weighted by Gasteiger charge is 2.30. The van der Waals surface area contributed by atoms with Gasteiger partial charge < -0.3 is 24.5 Å². The zero-order valence-electron chi connectivity index (χ0n) is 19.0. The number of aromatic nitrogens is 3. The Morgan fingerprint density at radius 2 is 1.94 bits per heavy atom. The SMILES string of the molecule is COc1cc(F)cc2c1cc(C)n2CCNc1cc(-c2cc(OCC(F)(F)F)c(C(=O)O)s2)ncn1. The van der Waals surface area contributed by atoms with Gasteiger partial charge in [-0.2, -0.15) is 13.2 Å². The molecule has 13 heteroatoms. The fourth-order valence-electron chi connectivity index (χ4n) is 3.69. The molecule has 4 aromatic rings. The maximum atomic E-state index is 14.0. The third-order valence-corrected chi connectivity index (χ3v) is 6.35. The standard InChI is InChI=1S/C23H20F4N4O4S/c1-12-5-14-16(6-13(24)7-17(14)34-2)31(12)4-3-28-20-8-15(29-11-30-20)19-9-18(21(36-19)22(32)33)35-10-23(25,26)27/h5-9,11H,3-4,10H2,1-2H3,(H,32,33)(H,28,29,30). The van der Waals surface area contributed by atoms with E-state index in [1.54, 1.807) is 6.07 Å². The van der Waals surface area contributed by atoms with Crippen molar-refractivity contribution in [2.75, 3.05) is 25.6 Å². The number of aromatic carboxylic acids is 1. The number of nitrogens with zero attached hydrogens (tertiary/aromatic N) is 3. The number of hydrogen-bond acceptors (Lipinski definition) is 7. The monoisotopic (exact) mass is 524 g/mol. The van der Waals surface area contributed by atoms with Crippen molar-refractivity contribution in [2.24, 2.45) is 0 Å². The molecule has 0 atom stereocenters. The van der Waals surface area contributed by atoms with Crippen molar-refractivity contribution in [1.29, 1.82) is 0 Å². The van der Waals surface area contributed by atoms with Crippen LogP contribution in [0, 0.1) is 12.7 Å². The molecule has 2 N–H and O–H groups in total. The second kappa shape index (κ2) is 10.0. The molecule has 0 saturated heterocycles. The summed E-state index contributed by atoms with van der Waals surface area (Å²) in [4.78, 5) is 19.7. The van der Waals surface area contributed by atoms with Crippen LogP contribution in [0.4, 0.5) is 23.4 Å². The summed E-state index contributed by atoms with van der Waals surface area (Å²) in [5.41, 5.74) is 1.90. The molecule has 0 fully saturated rings. The van der Waals surface area contributed by atoms with Gasteiger partial charge in [-0.05, 0) is 19.1 Å². The Kier molecular flexibility index (Phi) is 7.02. The number of hydrogen-bond donors (Lipinski definition) is 2. The summed E-state index contributed by atoms with van der Waals surface area (Å²) in [6.07, 6.45) is -3.35. The summed E-state index contributed by atoms with van der Waals surface area (Å²) in [6.45, 7) is 1.17. The van der Waals surface area contributed by atoms with Gasteiger partial charge in [0.25, 0.3) is 0 Å². The van der Waals surface area contributed by atoms with E-state index >= 15 is 0 Å². The molecule has 0 amide bonds. The minimum absolute atomic E-state index is 0.310. The lowest BCUT2D eigenvalue weighted by Gasteiger charge is -2.11. The number of ether oxygens (including phenoxy) is 2. The van der Waals surface area contributed by atoms with Gasteiger partial charge in [-0.3, -0.25) is 0 Å². The van der Waals surface area contributed by atoms with E-state index in [4.69, 9.17) is 4.74 Å². The number of nitrogens with one attached hydrogen (secondary N) is 1. The Morgan fingerprint density at radius 3 is 2.64 bits per heavy atom. The van der Waals surface area contributed by atoms with Crippen LogP contribution >= 0.6 is 11.3 Å². The maximum absolute atomic E-state index is 14.0. The summed E-state index contributed by atoms with van der Waals surface area (Å²) in [6, 6.07) is 7.43. The number of alkyl halides is 3. The number of thiophene rings is 1. The fourth-order valence-corrected chi connectivity index (χ4v) is 4.60. The largest absolute Gasteiger partial charge is 0.496 e. The lowest BCUT2D eigenvalue weighted by Crippen LogP contribution is -2.19. The van der Waals surface area contributed by atoms with E-state index in [9.17, 15) is 27.5 Å². The normalized spacial score (nSPS) is 11.6. The molecule has 0 aliphatic rings. The number of carboxylic acid groups (broad SMARTS) is 1. The van der Waals surface area contributed by atoms with Gasteiger partial charge >= 0.3 is 12.1 Å². The number of halogens is 4. The first-order chi connectivity index (χ1) is 17.1. The van der Waals surface area contributed by atoms with Crippen LogP contribution in [-0.2, 0) is 6.54 Å². The average Bonchev–Trinajstić information content (AvgIpc) is 3.39. The van der Waals surface area contributed by atoms with Crippen molar-refractivity contribution in [3.05, 3.63) is 53.0 Å². The van der Waals surface area contributed by atoms with Crippen LogP contribution in [0.5, 0.6) is 11.5 Å². The Labute approximate surface area is 206 Å². The van der Waals surface area contributed by atoms with Gasteiger partial charge in [0.1, 0.15) is 29.5 Å². The van der Waals surface area contributed by atoms with Crippen LogP contribution in [-0.4, -0.2) is 52.0 Å². The molecule has 36 heavy (non-hydrogen) atoms. The highest BCUT2D eigenvalue weighted by Crippen LogP contribution is 2.37. The molecule has 0 radical (unpaired) electrons. The molecule has 0 unspecified atom stereocenters. The smallest absolute Gasteiger partial charge is 0.422 e. The maximum Gasteiger partial charge on any atom is 0.422 e. The van der Waals surface area contributed by atoms with E-state index in [0.717, 1.165) is 22.4 Å². The molecule has 3 heterocycles. The summed E-state index contributed by atoms with van der Waals surface area (Å²) < 4.78 is 63.5. The summed E-state index contributed by atoms with van der Waals surface area (Å²) in [5, 5.41) is 13.3. The first kappa shape index (κ1) is 25.2. The topological polar surface area (TPSA) is 98.5 Å². The number of carboxylic acids is 1. The fraction of sp³-hybridized carbons (Fsp3) is 0.261. The van der Waals surface area contributed by atoms with Crippen LogP contribution in [0.25, 0.3) is 21.5 Å². The van der Waals surface area contributed by atoms with Gasteiger partial charge in [0.05, 0.1) is 23.2 Å². The van der Waals surface area contributed by atoms with Crippen molar-refractivity contribution in [1.82, 2.24) is 14.5 Å². The number of benzene rings is 1. The highest BCUT2D eigenvalue weighted by atomic mass is 32.1. The van der Waals surface area contributed by atoms with Crippen LogP contribution in [0.1, 0.15) is 15.4 Å². The van der Waals surface area contributed by atoms with Crippen molar-refractivity contribution >= 4 is 34.0 Å². The molecule has 0 aliphatic carbocycles. The number of anilines is 1. The van der Waals surface area contributed by atoms with E-state index in [1.807, 2.05) is 17.6 Å². The quantitative estimate of drug-likeness (QED) is 0.284. The van der Waals surface area contributed by atoms with Gasteiger partial charge in [-0.25, -0.2) is 19.2 Å². The summed E-state index contributed by atoms with van der Waals surface area (Å²) in [5.74, 6) is -1.34. The second-order valence-corrected chi connectivity index (χ2v) is 8.76. The molecular formula is C23H20F4N4O4S.